The van der Waals surface area contributed by atoms with Crippen LogP contribution in [0.25, 0.3) is 0 Å². The predicted octanol–water partition coefficient (Wildman–Crippen LogP) is 1.50. The lowest BCUT2D eigenvalue weighted by Gasteiger charge is -2.39. The van der Waals surface area contributed by atoms with Crippen LogP contribution in [-0.4, -0.2) is 53.3 Å². The Balaban J connectivity index is 1.89. The summed E-state index contributed by atoms with van der Waals surface area (Å²) in [4.78, 5) is 32.6. The first-order chi connectivity index (χ1) is 12.1. The quantitative estimate of drug-likeness (QED) is 0.828. The van der Waals surface area contributed by atoms with E-state index in [0.717, 1.165) is 11.1 Å². The summed E-state index contributed by atoms with van der Waals surface area (Å²) < 4.78 is 5.28. The maximum absolute atomic E-state index is 12.7. The van der Waals surface area contributed by atoms with Crippen LogP contribution in [0.4, 0.5) is 0 Å². The standard InChI is InChI=1S/C19H21N3O3/c1-21-13-17(23)22(12-15-9-6-10-20-18(15)25-2)16(19(21)24)11-14-7-4-3-5-8-14/h3-10,16H,11-13H2,1-2H3/t16-/m1/s1. The summed E-state index contributed by atoms with van der Waals surface area (Å²) in [5, 5.41) is 0. The second-order valence-corrected chi connectivity index (χ2v) is 6.09. The molecule has 1 atom stereocenters. The van der Waals surface area contributed by atoms with Gasteiger partial charge in [0, 0.05) is 25.2 Å². The van der Waals surface area contributed by atoms with Gasteiger partial charge < -0.3 is 14.5 Å². The largest absolute Gasteiger partial charge is 0.481 e. The third kappa shape index (κ3) is 3.63. The number of benzene rings is 1. The van der Waals surface area contributed by atoms with Crippen LogP contribution in [0.5, 0.6) is 5.88 Å². The van der Waals surface area contributed by atoms with Crippen molar-refractivity contribution < 1.29 is 14.3 Å². The van der Waals surface area contributed by atoms with Crippen molar-refractivity contribution in [2.45, 2.75) is 19.0 Å². The van der Waals surface area contributed by atoms with Crippen LogP contribution in [0.1, 0.15) is 11.1 Å². The maximum atomic E-state index is 12.7. The van der Waals surface area contributed by atoms with Gasteiger partial charge in [0.2, 0.25) is 17.7 Å². The van der Waals surface area contributed by atoms with Gasteiger partial charge in [-0.15, -0.1) is 0 Å². The van der Waals surface area contributed by atoms with E-state index in [2.05, 4.69) is 4.98 Å². The first-order valence-corrected chi connectivity index (χ1v) is 8.16. The number of piperazine rings is 1. The first kappa shape index (κ1) is 17.0. The Morgan fingerprint density at radius 2 is 1.92 bits per heavy atom. The van der Waals surface area contributed by atoms with Gasteiger partial charge in [0.25, 0.3) is 0 Å². The van der Waals surface area contributed by atoms with Gasteiger partial charge in [-0.05, 0) is 11.6 Å². The number of hydrogen-bond acceptors (Lipinski definition) is 4. The van der Waals surface area contributed by atoms with E-state index in [-0.39, 0.29) is 18.4 Å². The van der Waals surface area contributed by atoms with E-state index in [0.29, 0.717) is 18.8 Å². The van der Waals surface area contributed by atoms with Crippen LogP contribution < -0.4 is 4.74 Å². The van der Waals surface area contributed by atoms with Crippen molar-refractivity contribution in [3.8, 4) is 5.88 Å². The molecule has 25 heavy (non-hydrogen) atoms. The molecule has 0 N–H and O–H groups in total. The van der Waals surface area contributed by atoms with Crippen LogP contribution in [0.3, 0.4) is 0 Å². The summed E-state index contributed by atoms with van der Waals surface area (Å²) in [7, 11) is 3.21. The summed E-state index contributed by atoms with van der Waals surface area (Å²) in [6.45, 7) is 0.389. The summed E-state index contributed by atoms with van der Waals surface area (Å²) in [5.41, 5.74) is 1.81. The summed E-state index contributed by atoms with van der Waals surface area (Å²) >= 11 is 0. The van der Waals surface area contributed by atoms with Crippen LogP contribution in [0.2, 0.25) is 0 Å². The molecule has 2 amide bonds. The number of nitrogens with zero attached hydrogens (tertiary/aromatic N) is 3. The highest BCUT2D eigenvalue weighted by Gasteiger charge is 2.38. The Kier molecular flexibility index (Phi) is 4.97. The van der Waals surface area contributed by atoms with Crippen molar-refractivity contribution in [1.29, 1.82) is 0 Å². The number of ether oxygens (including phenoxy) is 1. The highest BCUT2D eigenvalue weighted by atomic mass is 16.5. The molecule has 1 saturated heterocycles. The second-order valence-electron chi connectivity index (χ2n) is 6.09. The van der Waals surface area contributed by atoms with E-state index in [9.17, 15) is 9.59 Å². The molecule has 2 heterocycles. The number of pyridine rings is 1. The van der Waals surface area contributed by atoms with Gasteiger partial charge in [0.05, 0.1) is 20.2 Å². The molecule has 2 aromatic rings. The number of carbonyl (C=O) groups excluding carboxylic acids is 2. The van der Waals surface area contributed by atoms with Crippen molar-refractivity contribution >= 4 is 11.8 Å². The van der Waals surface area contributed by atoms with Gasteiger partial charge >= 0.3 is 0 Å². The van der Waals surface area contributed by atoms with E-state index in [4.69, 9.17) is 4.74 Å². The normalized spacial score (nSPS) is 17.8. The van der Waals surface area contributed by atoms with Crippen LogP contribution >= 0.6 is 0 Å². The molecule has 0 unspecified atom stereocenters. The molecule has 0 saturated carbocycles. The summed E-state index contributed by atoms with van der Waals surface area (Å²) in [5.74, 6) is 0.348. The predicted molar refractivity (Wildman–Crippen MR) is 92.9 cm³/mol. The lowest BCUT2D eigenvalue weighted by molar-refractivity contribution is -0.155. The van der Waals surface area contributed by atoms with Crippen molar-refractivity contribution in [3.05, 3.63) is 59.8 Å². The van der Waals surface area contributed by atoms with Gasteiger partial charge in [-0.3, -0.25) is 9.59 Å². The third-order valence-electron chi connectivity index (χ3n) is 4.39. The van der Waals surface area contributed by atoms with Crippen molar-refractivity contribution in [1.82, 2.24) is 14.8 Å². The number of methoxy groups -OCH3 is 1. The molecule has 0 bridgehead atoms. The van der Waals surface area contributed by atoms with Crippen LogP contribution in [-0.2, 0) is 22.6 Å². The number of amides is 2. The molecule has 3 rings (SSSR count). The highest BCUT2D eigenvalue weighted by molar-refractivity contribution is 5.94. The average molecular weight is 339 g/mol. The van der Waals surface area contributed by atoms with Gasteiger partial charge in [-0.1, -0.05) is 36.4 Å². The Morgan fingerprint density at radius 3 is 2.64 bits per heavy atom. The minimum atomic E-state index is -0.529. The second kappa shape index (κ2) is 7.34. The zero-order valence-electron chi connectivity index (χ0n) is 14.4. The van der Waals surface area contributed by atoms with Crippen LogP contribution in [0.15, 0.2) is 48.7 Å². The molecule has 6 nitrogen and oxygen atoms in total. The molecule has 1 aliphatic rings. The smallest absolute Gasteiger partial charge is 0.245 e. The van der Waals surface area contributed by atoms with E-state index in [1.807, 2.05) is 36.4 Å². The van der Waals surface area contributed by atoms with Gasteiger partial charge in [-0.2, -0.15) is 0 Å². The van der Waals surface area contributed by atoms with Gasteiger partial charge in [-0.25, -0.2) is 4.98 Å². The third-order valence-corrected chi connectivity index (χ3v) is 4.39. The Labute approximate surface area is 147 Å². The van der Waals surface area contributed by atoms with Gasteiger partial charge in [0.1, 0.15) is 6.04 Å². The number of hydrogen-bond donors (Lipinski definition) is 0. The van der Waals surface area contributed by atoms with Crippen molar-refractivity contribution in [2.24, 2.45) is 0 Å². The maximum Gasteiger partial charge on any atom is 0.245 e. The molecule has 130 valence electrons. The van der Waals surface area contributed by atoms with Crippen molar-refractivity contribution in [3.63, 3.8) is 0 Å². The molecular weight excluding hydrogens is 318 g/mol. The number of carbonyl (C=O) groups is 2. The Hall–Kier alpha value is -2.89. The molecule has 1 fully saturated rings. The van der Waals surface area contributed by atoms with E-state index in [1.165, 1.54) is 4.90 Å². The van der Waals surface area contributed by atoms with Gasteiger partial charge in [0.15, 0.2) is 0 Å². The minimum Gasteiger partial charge on any atom is -0.481 e. The minimum absolute atomic E-state index is 0.0497. The Bertz CT molecular complexity index is 764. The zero-order valence-corrected chi connectivity index (χ0v) is 14.4. The molecule has 0 aliphatic carbocycles. The fourth-order valence-corrected chi connectivity index (χ4v) is 3.08. The number of likely N-dealkylation sites (N-methyl/N-ethyl adjacent to an activating group) is 1. The van der Waals surface area contributed by atoms with E-state index >= 15 is 0 Å². The average Bonchev–Trinajstić information content (AvgIpc) is 2.63. The number of rotatable bonds is 5. The molecule has 1 aromatic heterocycles. The molecule has 1 aromatic carbocycles. The Morgan fingerprint density at radius 1 is 1.16 bits per heavy atom. The van der Waals surface area contributed by atoms with Crippen molar-refractivity contribution in [2.75, 3.05) is 20.7 Å². The SMILES string of the molecule is COc1ncccc1CN1C(=O)CN(C)C(=O)[C@H]1Cc1ccccc1. The molecule has 1 aliphatic heterocycles. The fourth-order valence-electron chi connectivity index (χ4n) is 3.08. The summed E-state index contributed by atoms with van der Waals surface area (Å²) in [6.07, 6.45) is 2.12. The lowest BCUT2D eigenvalue weighted by Crippen LogP contribution is -2.59. The fraction of sp³-hybridized carbons (Fsp3) is 0.316. The molecule has 0 radical (unpaired) electrons. The lowest BCUT2D eigenvalue weighted by atomic mass is 10.0. The zero-order chi connectivity index (χ0) is 17.8. The molecule has 0 spiro atoms. The monoisotopic (exact) mass is 339 g/mol. The number of aromatic nitrogens is 1. The molecular formula is C19H21N3O3. The molecule has 6 heteroatoms. The topological polar surface area (TPSA) is 62.7 Å². The van der Waals surface area contributed by atoms with E-state index < -0.39 is 6.04 Å². The van der Waals surface area contributed by atoms with E-state index in [1.54, 1.807) is 31.3 Å². The van der Waals surface area contributed by atoms with Crippen LogP contribution in [0, 0.1) is 0 Å². The highest BCUT2D eigenvalue weighted by Crippen LogP contribution is 2.22. The first-order valence-electron chi connectivity index (χ1n) is 8.16. The summed E-state index contributed by atoms with van der Waals surface area (Å²) in [6, 6.07) is 12.9.